The molecule has 1 atom stereocenters. The lowest BCUT2D eigenvalue weighted by molar-refractivity contribution is -0.135. The fraction of sp³-hybridized carbons (Fsp3) is 0.300. The van der Waals surface area contributed by atoms with Gasteiger partial charge >= 0.3 is 0 Å². The molecule has 1 aliphatic rings. The van der Waals surface area contributed by atoms with Crippen molar-refractivity contribution < 1.29 is 9.59 Å². The van der Waals surface area contributed by atoms with Crippen LogP contribution in [0, 0.1) is 0 Å². The molecule has 2 heterocycles. The maximum Gasteiger partial charge on any atom is 0.265 e. The van der Waals surface area contributed by atoms with Crippen LogP contribution < -0.4 is 10.9 Å². The van der Waals surface area contributed by atoms with Crippen molar-refractivity contribution >= 4 is 27.7 Å². The molecule has 0 saturated carbocycles. The highest BCUT2D eigenvalue weighted by atomic mass is 79.9. The van der Waals surface area contributed by atoms with Crippen LogP contribution in [-0.2, 0) is 9.59 Å². The van der Waals surface area contributed by atoms with Crippen LogP contribution in [0.5, 0.6) is 0 Å². The normalized spacial score (nSPS) is 20.7. The first-order chi connectivity index (χ1) is 7.59. The van der Waals surface area contributed by atoms with Gasteiger partial charge in [-0.1, -0.05) is 0 Å². The number of amides is 2. The van der Waals surface area contributed by atoms with E-state index in [2.05, 4.69) is 21.2 Å². The minimum atomic E-state index is -0.595. The fourth-order valence-electron chi connectivity index (χ4n) is 1.68. The fourth-order valence-corrected chi connectivity index (χ4v) is 2.03. The Morgan fingerprint density at radius 2 is 2.12 bits per heavy atom. The van der Waals surface area contributed by atoms with E-state index in [1.165, 1.54) is 4.57 Å². The van der Waals surface area contributed by atoms with E-state index in [9.17, 15) is 14.4 Å². The molecule has 0 radical (unpaired) electrons. The van der Waals surface area contributed by atoms with Gasteiger partial charge in [0, 0.05) is 12.6 Å². The summed E-state index contributed by atoms with van der Waals surface area (Å²) in [5.74, 6) is -0.708. The number of piperidine rings is 1. The summed E-state index contributed by atoms with van der Waals surface area (Å²) < 4.78 is 1.74. The predicted octanol–water partition coefficient (Wildman–Crippen LogP) is 0.588. The third-order valence-electron chi connectivity index (χ3n) is 2.47. The van der Waals surface area contributed by atoms with Gasteiger partial charge in [0.1, 0.15) is 6.04 Å². The van der Waals surface area contributed by atoms with Crippen molar-refractivity contribution in [2.75, 3.05) is 0 Å². The summed E-state index contributed by atoms with van der Waals surface area (Å²) in [4.78, 5) is 34.3. The summed E-state index contributed by atoms with van der Waals surface area (Å²) >= 11 is 3.11. The molecule has 2 amide bonds. The molecule has 84 valence electrons. The number of carbonyl (C=O) groups is 2. The molecule has 0 spiro atoms. The van der Waals surface area contributed by atoms with Crippen LogP contribution in [0.15, 0.2) is 27.6 Å². The van der Waals surface area contributed by atoms with Crippen molar-refractivity contribution in [3.8, 4) is 0 Å². The number of halogens is 1. The van der Waals surface area contributed by atoms with Crippen molar-refractivity contribution in [1.29, 1.82) is 0 Å². The van der Waals surface area contributed by atoms with Gasteiger partial charge in [-0.25, -0.2) is 0 Å². The Kier molecular flexibility index (Phi) is 2.91. The minimum absolute atomic E-state index is 0.259. The molecule has 1 unspecified atom stereocenters. The molecule has 1 fully saturated rings. The molecule has 0 aliphatic carbocycles. The molecular formula is C10H9BrN2O3. The topological polar surface area (TPSA) is 68.2 Å². The van der Waals surface area contributed by atoms with E-state index < -0.39 is 11.9 Å². The molecule has 16 heavy (non-hydrogen) atoms. The van der Waals surface area contributed by atoms with Crippen LogP contribution in [-0.4, -0.2) is 16.4 Å². The van der Waals surface area contributed by atoms with Gasteiger partial charge in [0.15, 0.2) is 0 Å². The standard InChI is InChI=1S/C10H9BrN2O3/c11-6-2-1-5-13(10(6)16)7-3-4-8(14)12-9(7)15/h1-2,5,7H,3-4H2,(H,12,14,15). The summed E-state index contributed by atoms with van der Waals surface area (Å²) in [6.07, 6.45) is 2.17. The monoisotopic (exact) mass is 284 g/mol. The van der Waals surface area contributed by atoms with Gasteiger partial charge in [0.2, 0.25) is 11.8 Å². The zero-order valence-electron chi connectivity index (χ0n) is 8.27. The van der Waals surface area contributed by atoms with E-state index in [4.69, 9.17) is 0 Å². The highest BCUT2D eigenvalue weighted by Crippen LogP contribution is 2.17. The van der Waals surface area contributed by atoms with Crippen LogP contribution in [0.2, 0.25) is 0 Å². The SMILES string of the molecule is O=C1CCC(n2cccc(Br)c2=O)C(=O)N1. The number of pyridine rings is 1. The van der Waals surface area contributed by atoms with Crippen LogP contribution in [0.4, 0.5) is 0 Å². The Balaban J connectivity index is 2.38. The number of hydrogen-bond acceptors (Lipinski definition) is 3. The van der Waals surface area contributed by atoms with E-state index in [1.807, 2.05) is 0 Å². The lowest BCUT2D eigenvalue weighted by Gasteiger charge is -2.22. The third-order valence-corrected chi connectivity index (χ3v) is 3.08. The summed E-state index contributed by atoms with van der Waals surface area (Å²) in [5, 5.41) is 2.22. The molecule has 1 aliphatic heterocycles. The predicted molar refractivity (Wildman–Crippen MR) is 59.8 cm³/mol. The minimum Gasteiger partial charge on any atom is -0.302 e. The molecule has 1 aromatic rings. The maximum atomic E-state index is 11.7. The van der Waals surface area contributed by atoms with E-state index in [-0.39, 0.29) is 17.9 Å². The number of imide groups is 1. The number of nitrogens with zero attached hydrogens (tertiary/aromatic N) is 1. The molecule has 0 aromatic carbocycles. The average molecular weight is 285 g/mol. The first-order valence-corrected chi connectivity index (χ1v) is 5.59. The van der Waals surface area contributed by atoms with Gasteiger partial charge in [-0.3, -0.25) is 19.7 Å². The smallest absolute Gasteiger partial charge is 0.265 e. The summed E-state index contributed by atoms with van der Waals surface area (Å²) in [7, 11) is 0. The van der Waals surface area contributed by atoms with Gasteiger partial charge in [-0.15, -0.1) is 0 Å². The molecule has 0 bridgehead atoms. The van der Waals surface area contributed by atoms with Crippen molar-refractivity contribution in [3.05, 3.63) is 33.2 Å². The second-order valence-corrected chi connectivity index (χ2v) is 4.39. The number of carbonyl (C=O) groups excluding carboxylic acids is 2. The Labute approximate surface area is 99.6 Å². The Morgan fingerprint density at radius 3 is 2.81 bits per heavy atom. The second kappa shape index (κ2) is 4.21. The van der Waals surface area contributed by atoms with Gasteiger partial charge in [0.25, 0.3) is 5.56 Å². The van der Waals surface area contributed by atoms with E-state index in [1.54, 1.807) is 18.3 Å². The van der Waals surface area contributed by atoms with Gasteiger partial charge in [0.05, 0.1) is 4.47 Å². The quantitative estimate of drug-likeness (QED) is 0.768. The van der Waals surface area contributed by atoms with E-state index >= 15 is 0 Å². The summed E-state index contributed by atoms with van der Waals surface area (Å²) in [6.45, 7) is 0. The lowest BCUT2D eigenvalue weighted by Crippen LogP contribution is -2.44. The molecule has 2 rings (SSSR count). The Morgan fingerprint density at radius 1 is 1.38 bits per heavy atom. The van der Waals surface area contributed by atoms with Crippen molar-refractivity contribution in [1.82, 2.24) is 9.88 Å². The first-order valence-electron chi connectivity index (χ1n) is 4.80. The number of rotatable bonds is 1. The van der Waals surface area contributed by atoms with Gasteiger partial charge < -0.3 is 4.57 Å². The van der Waals surface area contributed by atoms with Crippen molar-refractivity contribution in [2.24, 2.45) is 0 Å². The van der Waals surface area contributed by atoms with E-state index in [0.29, 0.717) is 10.9 Å². The van der Waals surface area contributed by atoms with E-state index in [0.717, 1.165) is 0 Å². The average Bonchev–Trinajstić information content (AvgIpc) is 2.23. The summed E-state index contributed by atoms with van der Waals surface area (Å²) in [6, 6.07) is 2.70. The Hall–Kier alpha value is -1.43. The third kappa shape index (κ3) is 1.92. The first kappa shape index (κ1) is 11.1. The van der Waals surface area contributed by atoms with Gasteiger partial charge in [-0.05, 0) is 34.5 Å². The van der Waals surface area contributed by atoms with Crippen molar-refractivity contribution in [2.45, 2.75) is 18.9 Å². The molecule has 1 N–H and O–H groups in total. The van der Waals surface area contributed by atoms with Gasteiger partial charge in [-0.2, -0.15) is 0 Å². The van der Waals surface area contributed by atoms with Crippen LogP contribution in [0.3, 0.4) is 0 Å². The number of nitrogens with one attached hydrogen (secondary N) is 1. The zero-order valence-corrected chi connectivity index (χ0v) is 9.86. The highest BCUT2D eigenvalue weighted by Gasteiger charge is 2.28. The molecule has 6 heteroatoms. The Bertz CT molecular complexity index is 509. The van der Waals surface area contributed by atoms with Crippen LogP contribution in [0.1, 0.15) is 18.9 Å². The lowest BCUT2D eigenvalue weighted by atomic mass is 10.1. The highest BCUT2D eigenvalue weighted by molar-refractivity contribution is 9.10. The number of aromatic nitrogens is 1. The second-order valence-electron chi connectivity index (χ2n) is 3.54. The van der Waals surface area contributed by atoms with Crippen molar-refractivity contribution in [3.63, 3.8) is 0 Å². The molecule has 1 aromatic heterocycles. The van der Waals surface area contributed by atoms with Crippen LogP contribution >= 0.6 is 15.9 Å². The molecule has 5 nitrogen and oxygen atoms in total. The molecule has 1 saturated heterocycles. The molecular weight excluding hydrogens is 276 g/mol. The largest absolute Gasteiger partial charge is 0.302 e. The number of hydrogen-bond donors (Lipinski definition) is 1. The van der Waals surface area contributed by atoms with Crippen LogP contribution in [0.25, 0.3) is 0 Å². The maximum absolute atomic E-state index is 11.7. The zero-order chi connectivity index (χ0) is 11.7. The summed E-state index contributed by atoms with van der Waals surface area (Å²) in [5.41, 5.74) is -0.267.